The van der Waals surface area contributed by atoms with E-state index in [9.17, 15) is 0 Å². The van der Waals surface area contributed by atoms with Gasteiger partial charge in [0.15, 0.2) is 0 Å². The summed E-state index contributed by atoms with van der Waals surface area (Å²) in [6.45, 7) is 0. The largest absolute Gasteiger partial charge is 0.457 e. The number of nitrogens with two attached hydrogens (primary N) is 4. The van der Waals surface area contributed by atoms with Gasteiger partial charge in [-0.2, -0.15) is 0 Å². The molecule has 8 N–H and O–H groups in total. The van der Waals surface area contributed by atoms with Gasteiger partial charge in [0.1, 0.15) is 46.0 Å². The maximum atomic E-state index is 6.75. The van der Waals surface area contributed by atoms with Gasteiger partial charge in [-0.25, -0.2) is 0 Å². The number of hydrogen-bond acceptors (Lipinski definition) is 8. The van der Waals surface area contributed by atoms with E-state index in [0.29, 0.717) is 68.7 Å². The van der Waals surface area contributed by atoms with Crippen LogP contribution in [0.3, 0.4) is 0 Å². The summed E-state index contributed by atoms with van der Waals surface area (Å²) in [5, 5.41) is 0. The second-order valence-corrected chi connectivity index (χ2v) is 13.1. The fourth-order valence-electron chi connectivity index (χ4n) is 6.43. The maximum absolute atomic E-state index is 6.75. The summed E-state index contributed by atoms with van der Waals surface area (Å²) in [6, 6.07) is 57.1. The van der Waals surface area contributed by atoms with Crippen LogP contribution in [0.5, 0.6) is 46.0 Å². The molecular formula is C48H38N4O4. The van der Waals surface area contributed by atoms with Crippen LogP contribution < -0.4 is 41.9 Å². The third-order valence-electron chi connectivity index (χ3n) is 9.04. The molecule has 8 rings (SSSR count). The van der Waals surface area contributed by atoms with Crippen molar-refractivity contribution in [2.75, 3.05) is 22.9 Å². The van der Waals surface area contributed by atoms with Crippen molar-refractivity contribution in [1.29, 1.82) is 0 Å². The molecule has 0 aromatic heterocycles. The number of anilines is 4. The fourth-order valence-corrected chi connectivity index (χ4v) is 6.43. The quantitative estimate of drug-likeness (QED) is 0.0962. The number of rotatable bonds is 11. The summed E-state index contributed by atoms with van der Waals surface area (Å²) in [5.41, 5.74) is 31.8. The molecule has 0 aliphatic rings. The van der Waals surface area contributed by atoms with E-state index in [1.165, 1.54) is 0 Å². The van der Waals surface area contributed by atoms with Crippen molar-refractivity contribution in [3.63, 3.8) is 0 Å². The van der Waals surface area contributed by atoms with Gasteiger partial charge in [0, 0.05) is 57.1 Å². The average molecular weight is 735 g/mol. The number of para-hydroxylation sites is 2. The van der Waals surface area contributed by atoms with Crippen molar-refractivity contribution in [1.82, 2.24) is 0 Å². The molecule has 8 aromatic carbocycles. The molecule has 0 unspecified atom stereocenters. The predicted molar refractivity (Wildman–Crippen MR) is 226 cm³/mol. The minimum absolute atomic E-state index is 0.583. The van der Waals surface area contributed by atoms with Gasteiger partial charge in [0.05, 0.1) is 0 Å². The molecule has 0 fully saturated rings. The van der Waals surface area contributed by atoms with Gasteiger partial charge in [-0.05, 0) is 114 Å². The van der Waals surface area contributed by atoms with Crippen LogP contribution in [0.15, 0.2) is 182 Å². The molecule has 8 nitrogen and oxygen atoms in total. The summed E-state index contributed by atoms with van der Waals surface area (Å²) in [5.74, 6) is 4.96. The minimum Gasteiger partial charge on any atom is -0.457 e. The normalized spacial score (nSPS) is 10.8. The number of benzene rings is 8. The first-order valence-electron chi connectivity index (χ1n) is 18.0. The van der Waals surface area contributed by atoms with Gasteiger partial charge in [0.25, 0.3) is 0 Å². The average Bonchev–Trinajstić information content (AvgIpc) is 3.20. The molecule has 0 radical (unpaired) electrons. The highest BCUT2D eigenvalue weighted by Crippen LogP contribution is 2.52. The SMILES string of the molecule is Nc1ccc(Oc2ccc(-c3ccc(Oc4ccc(N)cc4)c(-c4ccccc4Oc4cccc(N)c4)c3-c3ccccc3Oc3cccc(N)c3)cc2)cc1. The lowest BCUT2D eigenvalue weighted by Crippen LogP contribution is -1.99. The van der Waals surface area contributed by atoms with Crippen LogP contribution in [0.25, 0.3) is 33.4 Å². The monoisotopic (exact) mass is 734 g/mol. The maximum Gasteiger partial charge on any atom is 0.136 e. The zero-order valence-electron chi connectivity index (χ0n) is 30.3. The highest BCUT2D eigenvalue weighted by Gasteiger charge is 2.25. The minimum atomic E-state index is 0.583. The summed E-state index contributed by atoms with van der Waals surface area (Å²) in [6.07, 6.45) is 0. The molecule has 0 aliphatic carbocycles. The molecule has 0 saturated carbocycles. The van der Waals surface area contributed by atoms with Gasteiger partial charge < -0.3 is 41.9 Å². The fraction of sp³-hybridized carbons (Fsp3) is 0. The molecule has 0 amide bonds. The second-order valence-electron chi connectivity index (χ2n) is 13.1. The van der Waals surface area contributed by atoms with Gasteiger partial charge in [0.2, 0.25) is 0 Å². The lowest BCUT2D eigenvalue weighted by atomic mass is 9.86. The van der Waals surface area contributed by atoms with Crippen LogP contribution in [0.2, 0.25) is 0 Å². The molecule has 8 heteroatoms. The van der Waals surface area contributed by atoms with E-state index < -0.39 is 0 Å². The lowest BCUT2D eigenvalue weighted by molar-refractivity contribution is 0.477. The lowest BCUT2D eigenvalue weighted by Gasteiger charge is -2.23. The molecule has 56 heavy (non-hydrogen) atoms. The van der Waals surface area contributed by atoms with Crippen LogP contribution >= 0.6 is 0 Å². The van der Waals surface area contributed by atoms with Crippen LogP contribution in [0.1, 0.15) is 0 Å². The molecule has 0 heterocycles. The topological polar surface area (TPSA) is 141 Å². The van der Waals surface area contributed by atoms with Crippen molar-refractivity contribution in [2.24, 2.45) is 0 Å². The second kappa shape index (κ2) is 15.6. The van der Waals surface area contributed by atoms with Gasteiger partial charge in [-0.15, -0.1) is 0 Å². The Balaban J connectivity index is 1.36. The molecule has 0 bridgehead atoms. The Morgan fingerprint density at radius 1 is 0.268 bits per heavy atom. The standard InChI is InChI=1S/C48H38N4O4/c49-32-17-23-37(24-18-32)53-36-21-15-31(16-22-36)41-27-28-46(54-38-25-19-33(50)20-26-38)48(43-12-2-4-14-45(43)56-40-10-6-8-35(52)30-40)47(41)42-11-1-3-13-44(42)55-39-9-5-7-34(51)29-39/h1-30H,49-52H2. The third-order valence-corrected chi connectivity index (χ3v) is 9.04. The Hall–Kier alpha value is -7.84. The van der Waals surface area contributed by atoms with Crippen molar-refractivity contribution < 1.29 is 18.9 Å². The van der Waals surface area contributed by atoms with E-state index in [4.69, 9.17) is 41.9 Å². The molecular weight excluding hydrogens is 697 g/mol. The van der Waals surface area contributed by atoms with E-state index >= 15 is 0 Å². The Kier molecular flexibility index (Phi) is 9.83. The van der Waals surface area contributed by atoms with Crippen LogP contribution in [-0.2, 0) is 0 Å². The van der Waals surface area contributed by atoms with Crippen molar-refractivity contribution >= 4 is 22.7 Å². The Morgan fingerprint density at radius 2 is 0.714 bits per heavy atom. The number of nitrogen functional groups attached to an aromatic ring is 4. The van der Waals surface area contributed by atoms with E-state index in [1.807, 2.05) is 164 Å². The van der Waals surface area contributed by atoms with Crippen molar-refractivity contribution in [3.05, 3.63) is 182 Å². The molecule has 0 spiro atoms. The summed E-state index contributed by atoms with van der Waals surface area (Å²) >= 11 is 0. The van der Waals surface area contributed by atoms with Gasteiger partial charge in [-0.1, -0.05) is 66.7 Å². The van der Waals surface area contributed by atoms with E-state index in [1.54, 1.807) is 12.1 Å². The molecule has 0 saturated heterocycles. The number of hydrogen-bond donors (Lipinski definition) is 4. The van der Waals surface area contributed by atoms with Crippen LogP contribution in [-0.4, -0.2) is 0 Å². The highest BCUT2D eigenvalue weighted by molar-refractivity contribution is 6.00. The predicted octanol–water partition coefficient (Wildman–Crippen LogP) is 12.2. The van der Waals surface area contributed by atoms with E-state index in [2.05, 4.69) is 6.07 Å². The van der Waals surface area contributed by atoms with Crippen molar-refractivity contribution in [2.45, 2.75) is 0 Å². The summed E-state index contributed by atoms with van der Waals surface area (Å²) in [4.78, 5) is 0. The first kappa shape index (κ1) is 35.2. The first-order valence-corrected chi connectivity index (χ1v) is 18.0. The van der Waals surface area contributed by atoms with Gasteiger partial charge >= 0.3 is 0 Å². The number of ether oxygens (including phenoxy) is 4. The zero-order chi connectivity index (χ0) is 38.4. The Bertz CT molecular complexity index is 2630. The third kappa shape index (κ3) is 7.90. The van der Waals surface area contributed by atoms with E-state index in [0.717, 1.165) is 33.4 Å². The Labute approximate surface area is 325 Å². The smallest absolute Gasteiger partial charge is 0.136 e. The molecule has 274 valence electrons. The Morgan fingerprint density at radius 3 is 1.23 bits per heavy atom. The molecule has 0 aliphatic heterocycles. The van der Waals surface area contributed by atoms with E-state index in [-0.39, 0.29) is 0 Å². The zero-order valence-corrected chi connectivity index (χ0v) is 30.3. The molecule has 0 atom stereocenters. The summed E-state index contributed by atoms with van der Waals surface area (Å²) < 4.78 is 26.1. The van der Waals surface area contributed by atoms with Crippen LogP contribution in [0, 0.1) is 0 Å². The van der Waals surface area contributed by atoms with Crippen molar-refractivity contribution in [3.8, 4) is 79.4 Å². The summed E-state index contributed by atoms with van der Waals surface area (Å²) in [7, 11) is 0. The first-order chi connectivity index (χ1) is 27.4. The highest BCUT2D eigenvalue weighted by atomic mass is 16.5. The van der Waals surface area contributed by atoms with Crippen LogP contribution in [0.4, 0.5) is 22.7 Å². The van der Waals surface area contributed by atoms with Gasteiger partial charge in [-0.3, -0.25) is 0 Å². The molecule has 8 aromatic rings.